The lowest BCUT2D eigenvalue weighted by atomic mass is 10.1. The van der Waals surface area contributed by atoms with Gasteiger partial charge in [0, 0.05) is 26.1 Å². The number of rotatable bonds is 4. The predicted molar refractivity (Wildman–Crippen MR) is 62.5 cm³/mol. The van der Waals surface area contributed by atoms with E-state index in [0.717, 1.165) is 19.4 Å². The Morgan fingerprint density at radius 3 is 2.75 bits per heavy atom. The summed E-state index contributed by atoms with van der Waals surface area (Å²) < 4.78 is 0. The zero-order valence-electron chi connectivity index (χ0n) is 9.69. The fraction of sp³-hybridized carbons (Fsp3) is 0.500. The maximum absolute atomic E-state index is 11.7. The molecule has 0 aromatic heterocycles. The van der Waals surface area contributed by atoms with Gasteiger partial charge in [-0.25, -0.2) is 0 Å². The summed E-state index contributed by atoms with van der Waals surface area (Å²) in [4.78, 5) is 26.4. The molecule has 2 amide bonds. The van der Waals surface area contributed by atoms with Crippen molar-refractivity contribution < 1.29 is 9.59 Å². The molecule has 4 heteroatoms. The highest BCUT2D eigenvalue weighted by Crippen LogP contribution is 2.21. The molecule has 0 spiro atoms. The van der Waals surface area contributed by atoms with Crippen LogP contribution in [0.25, 0.3) is 0 Å². The highest BCUT2D eigenvalue weighted by Gasteiger charge is 2.29. The zero-order valence-corrected chi connectivity index (χ0v) is 9.69. The van der Waals surface area contributed by atoms with E-state index in [1.54, 1.807) is 11.9 Å². The normalized spacial score (nSPS) is 19.3. The molecule has 1 aliphatic rings. The zero-order chi connectivity index (χ0) is 12.1. The Morgan fingerprint density at radius 2 is 2.19 bits per heavy atom. The van der Waals surface area contributed by atoms with Gasteiger partial charge in [-0.1, -0.05) is 13.2 Å². The highest BCUT2D eigenvalue weighted by atomic mass is 16.2. The van der Waals surface area contributed by atoms with Gasteiger partial charge >= 0.3 is 0 Å². The molecule has 1 atom stereocenters. The van der Waals surface area contributed by atoms with Crippen molar-refractivity contribution in [3.05, 3.63) is 25.4 Å². The van der Waals surface area contributed by atoms with E-state index in [-0.39, 0.29) is 17.9 Å². The Hall–Kier alpha value is -1.58. The molecule has 0 aromatic rings. The van der Waals surface area contributed by atoms with Crippen LogP contribution in [0.15, 0.2) is 25.4 Å². The molecule has 1 saturated heterocycles. The summed E-state index contributed by atoms with van der Waals surface area (Å²) in [7, 11) is 1.67. The van der Waals surface area contributed by atoms with Gasteiger partial charge in [-0.05, 0) is 25.1 Å². The van der Waals surface area contributed by atoms with Crippen molar-refractivity contribution in [1.29, 1.82) is 0 Å². The topological polar surface area (TPSA) is 40.6 Å². The quantitative estimate of drug-likeness (QED) is 0.670. The molecular formula is C12H18N2O2. The lowest BCUT2D eigenvalue weighted by Gasteiger charge is -2.24. The second kappa shape index (κ2) is 5.49. The predicted octanol–water partition coefficient (Wildman–Crippen LogP) is 1.16. The smallest absolute Gasteiger partial charge is 0.246 e. The molecular weight excluding hydrogens is 204 g/mol. The van der Waals surface area contributed by atoms with Gasteiger partial charge in [-0.3, -0.25) is 9.59 Å². The van der Waals surface area contributed by atoms with E-state index in [2.05, 4.69) is 13.2 Å². The number of hydrogen-bond donors (Lipinski definition) is 0. The van der Waals surface area contributed by atoms with Crippen LogP contribution in [0.4, 0.5) is 0 Å². The molecule has 0 aliphatic carbocycles. The second-order valence-corrected chi connectivity index (χ2v) is 3.92. The van der Waals surface area contributed by atoms with Crippen molar-refractivity contribution in [3.8, 4) is 0 Å². The molecule has 4 nitrogen and oxygen atoms in total. The van der Waals surface area contributed by atoms with E-state index in [4.69, 9.17) is 0 Å². The van der Waals surface area contributed by atoms with Crippen molar-refractivity contribution in [1.82, 2.24) is 9.80 Å². The van der Waals surface area contributed by atoms with Crippen LogP contribution in [0.3, 0.4) is 0 Å². The molecule has 0 radical (unpaired) electrons. The average molecular weight is 222 g/mol. The van der Waals surface area contributed by atoms with Gasteiger partial charge in [0.1, 0.15) is 0 Å². The number of likely N-dealkylation sites (tertiary alicyclic amines) is 1. The van der Waals surface area contributed by atoms with Crippen molar-refractivity contribution in [3.63, 3.8) is 0 Å². The van der Waals surface area contributed by atoms with Crippen LogP contribution in [-0.2, 0) is 9.59 Å². The largest absolute Gasteiger partial charge is 0.336 e. The summed E-state index contributed by atoms with van der Waals surface area (Å²) in [5.74, 6) is -0.0969. The fourth-order valence-corrected chi connectivity index (χ4v) is 1.90. The standard InChI is InChI=1S/C12H18N2O2/c1-4-11(15)14-8-6-7-10(14)9-12(16)13(3)5-2/h4-5,10H,1-2,6-9H2,3H3. The van der Waals surface area contributed by atoms with Crippen LogP contribution >= 0.6 is 0 Å². The second-order valence-electron chi connectivity index (χ2n) is 3.92. The summed E-state index contributed by atoms with van der Waals surface area (Å²) in [6, 6.07) is 0.0143. The Bertz CT molecular complexity index is 312. The average Bonchev–Trinajstić information content (AvgIpc) is 2.74. The molecule has 1 heterocycles. The van der Waals surface area contributed by atoms with Crippen LogP contribution in [-0.4, -0.2) is 41.2 Å². The molecule has 1 rings (SSSR count). The Kier molecular flexibility index (Phi) is 4.28. The molecule has 1 aliphatic heterocycles. The van der Waals surface area contributed by atoms with Crippen molar-refractivity contribution in [2.24, 2.45) is 0 Å². The maximum atomic E-state index is 11.7. The van der Waals surface area contributed by atoms with Gasteiger partial charge in [0.2, 0.25) is 11.8 Å². The minimum absolute atomic E-state index is 0.0104. The van der Waals surface area contributed by atoms with Crippen LogP contribution in [0.5, 0.6) is 0 Å². The third-order valence-electron chi connectivity index (χ3n) is 2.91. The van der Waals surface area contributed by atoms with Gasteiger partial charge in [-0.2, -0.15) is 0 Å². The molecule has 16 heavy (non-hydrogen) atoms. The summed E-state index contributed by atoms with van der Waals surface area (Å²) >= 11 is 0. The molecule has 88 valence electrons. The first-order chi connectivity index (χ1) is 7.60. The number of amides is 2. The first-order valence-corrected chi connectivity index (χ1v) is 5.41. The Labute approximate surface area is 96.2 Å². The third kappa shape index (κ3) is 2.72. The van der Waals surface area contributed by atoms with Crippen LogP contribution in [0.2, 0.25) is 0 Å². The molecule has 0 N–H and O–H groups in total. The van der Waals surface area contributed by atoms with Gasteiger partial charge in [0.05, 0.1) is 0 Å². The lowest BCUT2D eigenvalue weighted by molar-refractivity contribution is -0.131. The monoisotopic (exact) mass is 222 g/mol. The summed E-state index contributed by atoms with van der Waals surface area (Å²) in [6.07, 6.45) is 4.99. The van der Waals surface area contributed by atoms with E-state index in [0.29, 0.717) is 6.42 Å². The SMILES string of the molecule is C=CC(=O)N1CCCC1CC(=O)N(C)C=C. The molecule has 0 aromatic carbocycles. The fourth-order valence-electron chi connectivity index (χ4n) is 1.90. The molecule has 1 fully saturated rings. The van der Waals surface area contributed by atoms with Crippen molar-refractivity contribution in [2.45, 2.75) is 25.3 Å². The molecule has 0 saturated carbocycles. The van der Waals surface area contributed by atoms with Crippen molar-refractivity contribution in [2.75, 3.05) is 13.6 Å². The maximum Gasteiger partial charge on any atom is 0.246 e. The van der Waals surface area contributed by atoms with Gasteiger partial charge in [0.15, 0.2) is 0 Å². The van der Waals surface area contributed by atoms with E-state index >= 15 is 0 Å². The summed E-state index contributed by atoms with van der Waals surface area (Å²) in [6.45, 7) is 7.73. The summed E-state index contributed by atoms with van der Waals surface area (Å²) in [5, 5.41) is 0. The van der Waals surface area contributed by atoms with Crippen molar-refractivity contribution >= 4 is 11.8 Å². The van der Waals surface area contributed by atoms with Gasteiger partial charge in [-0.15, -0.1) is 0 Å². The minimum atomic E-state index is -0.0865. The Morgan fingerprint density at radius 1 is 1.50 bits per heavy atom. The number of carbonyl (C=O) groups excluding carboxylic acids is 2. The van der Waals surface area contributed by atoms with E-state index in [9.17, 15) is 9.59 Å². The third-order valence-corrected chi connectivity index (χ3v) is 2.91. The van der Waals surface area contributed by atoms with Gasteiger partial charge < -0.3 is 9.80 Å². The summed E-state index contributed by atoms with van der Waals surface area (Å²) in [5.41, 5.74) is 0. The van der Waals surface area contributed by atoms with Crippen LogP contribution in [0, 0.1) is 0 Å². The minimum Gasteiger partial charge on any atom is -0.336 e. The Balaban J connectivity index is 2.59. The first kappa shape index (κ1) is 12.5. The van der Waals surface area contributed by atoms with E-state index in [1.807, 2.05) is 0 Å². The molecule has 0 bridgehead atoms. The highest BCUT2D eigenvalue weighted by molar-refractivity contribution is 5.88. The lowest BCUT2D eigenvalue weighted by Crippen LogP contribution is -2.37. The number of nitrogens with zero attached hydrogens (tertiary/aromatic N) is 2. The first-order valence-electron chi connectivity index (χ1n) is 5.41. The molecule has 1 unspecified atom stereocenters. The van der Waals surface area contributed by atoms with E-state index < -0.39 is 0 Å². The van der Waals surface area contributed by atoms with Gasteiger partial charge in [0.25, 0.3) is 0 Å². The number of carbonyl (C=O) groups is 2. The van der Waals surface area contributed by atoms with Crippen LogP contribution < -0.4 is 0 Å². The van der Waals surface area contributed by atoms with E-state index in [1.165, 1.54) is 17.2 Å². The number of hydrogen-bond acceptors (Lipinski definition) is 2. The van der Waals surface area contributed by atoms with Crippen LogP contribution in [0.1, 0.15) is 19.3 Å².